The molecule has 2 aromatic heterocycles. The minimum atomic E-state index is -0.0616. The highest BCUT2D eigenvalue weighted by Crippen LogP contribution is 2.29. The fraction of sp³-hybridized carbons (Fsp3) is 0.538. The maximum absolute atomic E-state index is 11.9. The average Bonchev–Trinajstić information content (AvgIpc) is 3.18. The van der Waals surface area contributed by atoms with E-state index in [1.807, 2.05) is 13.0 Å². The lowest BCUT2D eigenvalue weighted by Crippen LogP contribution is -2.34. The third kappa shape index (κ3) is 3.27. The van der Waals surface area contributed by atoms with Crippen molar-refractivity contribution in [3.05, 3.63) is 30.1 Å². The lowest BCUT2D eigenvalue weighted by atomic mass is 10.2. The van der Waals surface area contributed by atoms with E-state index < -0.39 is 0 Å². The zero-order chi connectivity index (χ0) is 14.7. The molecule has 0 saturated carbocycles. The molecule has 0 spiro atoms. The predicted octanol–water partition coefficient (Wildman–Crippen LogP) is 0.346. The molecule has 0 aliphatic carbocycles. The number of hydrogen-bond donors (Lipinski definition) is 2. The van der Waals surface area contributed by atoms with Crippen LogP contribution in [-0.2, 0) is 16.1 Å². The number of nitrogens with zero attached hydrogens (tertiary/aromatic N) is 4. The van der Waals surface area contributed by atoms with E-state index in [1.165, 1.54) is 6.33 Å². The van der Waals surface area contributed by atoms with E-state index in [-0.39, 0.29) is 24.7 Å². The minimum Gasteiger partial charge on any atom is -0.365 e. The Labute approximate surface area is 121 Å². The molecular weight excluding hydrogens is 272 g/mol. The summed E-state index contributed by atoms with van der Waals surface area (Å²) in [6.45, 7) is 2.66. The number of carbonyl (C=O) groups is 1. The maximum Gasteiger partial charge on any atom is 0.241 e. The van der Waals surface area contributed by atoms with Gasteiger partial charge in [0.25, 0.3) is 0 Å². The quantitative estimate of drug-likeness (QED) is 0.828. The highest BCUT2D eigenvalue weighted by atomic mass is 16.5. The normalized spacial score (nSPS) is 21.6. The zero-order valence-electron chi connectivity index (χ0n) is 11.8. The van der Waals surface area contributed by atoms with Gasteiger partial charge in [-0.25, -0.2) is 4.98 Å². The first kappa shape index (κ1) is 13.7. The fourth-order valence-corrected chi connectivity index (χ4v) is 2.41. The Kier molecular flexibility index (Phi) is 3.96. The van der Waals surface area contributed by atoms with Crippen LogP contribution in [0.15, 0.2) is 18.6 Å². The Morgan fingerprint density at radius 3 is 3.19 bits per heavy atom. The average molecular weight is 290 g/mol. The van der Waals surface area contributed by atoms with Gasteiger partial charge >= 0.3 is 0 Å². The SMILES string of the molecule is Cc1ccnn1CC(=O)NC[C@H]1CC[C@@H](c2ncn[nH]2)O1. The van der Waals surface area contributed by atoms with Crippen LogP contribution in [0.5, 0.6) is 0 Å². The summed E-state index contributed by atoms with van der Waals surface area (Å²) in [5.41, 5.74) is 0.965. The van der Waals surface area contributed by atoms with Gasteiger partial charge in [0.1, 0.15) is 19.0 Å². The van der Waals surface area contributed by atoms with Crippen LogP contribution in [0.2, 0.25) is 0 Å². The van der Waals surface area contributed by atoms with Gasteiger partial charge in [0.2, 0.25) is 5.91 Å². The molecule has 2 aromatic rings. The van der Waals surface area contributed by atoms with E-state index in [2.05, 4.69) is 25.6 Å². The maximum atomic E-state index is 11.9. The number of amides is 1. The Morgan fingerprint density at radius 2 is 2.48 bits per heavy atom. The van der Waals surface area contributed by atoms with Gasteiger partial charge in [-0.1, -0.05) is 0 Å². The van der Waals surface area contributed by atoms with E-state index in [0.29, 0.717) is 6.54 Å². The minimum absolute atomic E-state index is 0.0165. The zero-order valence-corrected chi connectivity index (χ0v) is 11.8. The molecule has 3 rings (SSSR count). The molecule has 0 radical (unpaired) electrons. The number of rotatable bonds is 5. The van der Waals surface area contributed by atoms with Crippen LogP contribution < -0.4 is 5.32 Å². The van der Waals surface area contributed by atoms with Crippen molar-refractivity contribution in [2.45, 2.75) is 38.5 Å². The number of hydrogen-bond acceptors (Lipinski definition) is 5. The standard InChI is InChI=1S/C13H18N6O2/c1-9-4-5-17-19(9)7-12(20)14-6-10-2-3-11(21-10)13-15-8-16-18-13/h4-5,8,10-11H,2-3,6-7H2,1H3,(H,14,20)(H,15,16,18)/t10-,11+/m1/s1. The number of nitrogens with one attached hydrogen (secondary N) is 2. The van der Waals surface area contributed by atoms with Crippen LogP contribution >= 0.6 is 0 Å². The summed E-state index contributed by atoms with van der Waals surface area (Å²) in [5, 5.41) is 13.6. The molecule has 1 aliphatic rings. The van der Waals surface area contributed by atoms with Crippen molar-refractivity contribution >= 4 is 5.91 Å². The molecule has 1 amide bonds. The first-order valence-electron chi connectivity index (χ1n) is 6.98. The second kappa shape index (κ2) is 6.04. The molecule has 3 heterocycles. The van der Waals surface area contributed by atoms with Crippen molar-refractivity contribution < 1.29 is 9.53 Å². The molecule has 21 heavy (non-hydrogen) atoms. The summed E-state index contributed by atoms with van der Waals surface area (Å²) in [6, 6.07) is 1.87. The molecule has 2 N–H and O–H groups in total. The van der Waals surface area contributed by atoms with Gasteiger partial charge in [0, 0.05) is 18.4 Å². The summed E-state index contributed by atoms with van der Waals surface area (Å²) in [7, 11) is 0. The molecule has 8 nitrogen and oxygen atoms in total. The van der Waals surface area contributed by atoms with Crippen molar-refractivity contribution in [1.82, 2.24) is 30.3 Å². The van der Waals surface area contributed by atoms with Gasteiger partial charge in [-0.15, -0.1) is 0 Å². The van der Waals surface area contributed by atoms with Crippen molar-refractivity contribution in [1.29, 1.82) is 0 Å². The van der Waals surface area contributed by atoms with Gasteiger partial charge in [0.15, 0.2) is 5.82 Å². The van der Waals surface area contributed by atoms with Crippen LogP contribution in [-0.4, -0.2) is 43.5 Å². The van der Waals surface area contributed by atoms with Gasteiger partial charge in [0.05, 0.1) is 6.10 Å². The number of H-pyrrole nitrogens is 1. The molecule has 0 unspecified atom stereocenters. The molecule has 0 aromatic carbocycles. The predicted molar refractivity (Wildman–Crippen MR) is 73.2 cm³/mol. The Bertz CT molecular complexity index is 594. The Balaban J connectivity index is 1.44. The summed E-state index contributed by atoms with van der Waals surface area (Å²) in [6.07, 6.45) is 4.90. The van der Waals surface area contributed by atoms with Gasteiger partial charge in [-0.05, 0) is 25.8 Å². The molecule has 1 aliphatic heterocycles. The molecule has 0 bridgehead atoms. The van der Waals surface area contributed by atoms with Crippen LogP contribution in [0.1, 0.15) is 30.5 Å². The lowest BCUT2D eigenvalue weighted by molar-refractivity contribution is -0.122. The summed E-state index contributed by atoms with van der Waals surface area (Å²) in [4.78, 5) is 16.0. The summed E-state index contributed by atoms with van der Waals surface area (Å²) < 4.78 is 7.51. The smallest absolute Gasteiger partial charge is 0.241 e. The summed E-state index contributed by atoms with van der Waals surface area (Å²) in [5.74, 6) is 0.685. The molecule has 112 valence electrons. The summed E-state index contributed by atoms with van der Waals surface area (Å²) >= 11 is 0. The van der Waals surface area contributed by atoms with E-state index in [1.54, 1.807) is 10.9 Å². The Morgan fingerprint density at radius 1 is 1.57 bits per heavy atom. The largest absolute Gasteiger partial charge is 0.365 e. The molecule has 1 saturated heterocycles. The van der Waals surface area contributed by atoms with Crippen molar-refractivity contribution in [2.75, 3.05) is 6.54 Å². The van der Waals surface area contributed by atoms with Crippen LogP contribution in [0.25, 0.3) is 0 Å². The molecule has 8 heteroatoms. The first-order chi connectivity index (χ1) is 10.2. The second-order valence-corrected chi connectivity index (χ2v) is 5.13. The van der Waals surface area contributed by atoms with Crippen molar-refractivity contribution in [3.63, 3.8) is 0 Å². The van der Waals surface area contributed by atoms with Crippen LogP contribution in [0.3, 0.4) is 0 Å². The van der Waals surface area contributed by atoms with E-state index >= 15 is 0 Å². The van der Waals surface area contributed by atoms with Gasteiger partial charge < -0.3 is 10.1 Å². The van der Waals surface area contributed by atoms with Crippen LogP contribution in [0.4, 0.5) is 0 Å². The fourth-order valence-electron chi connectivity index (χ4n) is 2.41. The van der Waals surface area contributed by atoms with Crippen molar-refractivity contribution in [2.24, 2.45) is 0 Å². The topological polar surface area (TPSA) is 97.7 Å². The monoisotopic (exact) mass is 290 g/mol. The molecular formula is C13H18N6O2. The Hall–Kier alpha value is -2.22. The van der Waals surface area contributed by atoms with E-state index in [9.17, 15) is 4.79 Å². The third-order valence-electron chi connectivity index (χ3n) is 3.60. The van der Waals surface area contributed by atoms with Gasteiger partial charge in [-0.2, -0.15) is 10.2 Å². The number of aryl methyl sites for hydroxylation is 1. The molecule has 2 atom stereocenters. The number of aromatic amines is 1. The van der Waals surface area contributed by atoms with Gasteiger partial charge in [-0.3, -0.25) is 14.6 Å². The number of carbonyl (C=O) groups excluding carboxylic acids is 1. The van der Waals surface area contributed by atoms with E-state index in [4.69, 9.17) is 4.74 Å². The highest BCUT2D eigenvalue weighted by molar-refractivity contribution is 5.75. The van der Waals surface area contributed by atoms with Crippen molar-refractivity contribution in [3.8, 4) is 0 Å². The lowest BCUT2D eigenvalue weighted by Gasteiger charge is -2.13. The third-order valence-corrected chi connectivity index (χ3v) is 3.60. The highest BCUT2D eigenvalue weighted by Gasteiger charge is 2.28. The molecule has 1 fully saturated rings. The van der Waals surface area contributed by atoms with Crippen LogP contribution in [0, 0.1) is 6.92 Å². The first-order valence-corrected chi connectivity index (χ1v) is 6.98. The number of aromatic nitrogens is 5. The van der Waals surface area contributed by atoms with E-state index in [0.717, 1.165) is 24.4 Å². The number of ether oxygens (including phenoxy) is 1. The second-order valence-electron chi connectivity index (χ2n) is 5.13.